The second-order valence-electron chi connectivity index (χ2n) is 7.43. The zero-order valence-corrected chi connectivity index (χ0v) is 18.3. The van der Waals surface area contributed by atoms with Crippen LogP contribution in [-0.2, 0) is 10.0 Å². The van der Waals surface area contributed by atoms with Gasteiger partial charge in [-0.25, -0.2) is 13.1 Å². The van der Waals surface area contributed by atoms with Crippen molar-refractivity contribution < 1.29 is 8.42 Å². The van der Waals surface area contributed by atoms with E-state index in [-0.39, 0.29) is 0 Å². The van der Waals surface area contributed by atoms with E-state index in [9.17, 15) is 8.42 Å². The van der Waals surface area contributed by atoms with Crippen LogP contribution in [-0.4, -0.2) is 52.6 Å². The van der Waals surface area contributed by atoms with Crippen molar-refractivity contribution in [2.24, 2.45) is 0 Å². The maximum Gasteiger partial charge on any atom is 0.241 e. The van der Waals surface area contributed by atoms with Gasteiger partial charge in [0.1, 0.15) is 0 Å². The van der Waals surface area contributed by atoms with E-state index in [1.54, 1.807) is 0 Å². The molecular weight excluding hydrogens is 394 g/mol. The molecular formula is C21H28ClN3O2S. The van der Waals surface area contributed by atoms with Crippen LogP contribution in [0.5, 0.6) is 0 Å². The molecule has 0 saturated carbocycles. The van der Waals surface area contributed by atoms with E-state index in [2.05, 4.69) is 14.5 Å². The number of piperazine rings is 1. The fourth-order valence-corrected chi connectivity index (χ4v) is 5.48. The first-order valence-electron chi connectivity index (χ1n) is 9.56. The standard InChI is InChI=1S/C21H28ClN3O2S/c1-16-14-17(2)21(18(3)15-16)28(26,27)23-8-9-24-10-12-25(13-11-24)20-6-4-19(22)5-7-20/h4-7,14-15,23H,8-13H2,1-3H3. The molecule has 2 aromatic carbocycles. The summed E-state index contributed by atoms with van der Waals surface area (Å²) in [5, 5.41) is 0.744. The maximum atomic E-state index is 12.7. The summed E-state index contributed by atoms with van der Waals surface area (Å²) in [7, 11) is -3.50. The number of rotatable bonds is 6. The van der Waals surface area contributed by atoms with Gasteiger partial charge in [0.15, 0.2) is 0 Å². The lowest BCUT2D eigenvalue weighted by Crippen LogP contribution is -2.48. The van der Waals surface area contributed by atoms with Crippen LogP contribution in [0.2, 0.25) is 5.02 Å². The van der Waals surface area contributed by atoms with Crippen LogP contribution in [0, 0.1) is 20.8 Å². The first-order valence-corrected chi connectivity index (χ1v) is 11.4. The highest BCUT2D eigenvalue weighted by molar-refractivity contribution is 7.89. The largest absolute Gasteiger partial charge is 0.369 e. The molecule has 0 aromatic heterocycles. The lowest BCUT2D eigenvalue weighted by molar-refractivity contribution is 0.262. The summed E-state index contributed by atoms with van der Waals surface area (Å²) in [4.78, 5) is 5.03. The fraction of sp³-hybridized carbons (Fsp3) is 0.429. The second kappa shape index (κ2) is 8.82. The summed E-state index contributed by atoms with van der Waals surface area (Å²) < 4.78 is 28.3. The van der Waals surface area contributed by atoms with Crippen LogP contribution in [0.1, 0.15) is 16.7 Å². The monoisotopic (exact) mass is 421 g/mol. The molecule has 0 spiro atoms. The van der Waals surface area contributed by atoms with Gasteiger partial charge >= 0.3 is 0 Å². The zero-order chi connectivity index (χ0) is 20.3. The van der Waals surface area contributed by atoms with Crippen molar-refractivity contribution >= 4 is 27.3 Å². The van der Waals surface area contributed by atoms with E-state index in [0.717, 1.165) is 47.9 Å². The van der Waals surface area contributed by atoms with Crippen LogP contribution in [0.3, 0.4) is 0 Å². The van der Waals surface area contributed by atoms with Crippen molar-refractivity contribution in [3.8, 4) is 0 Å². The Balaban J connectivity index is 1.51. The van der Waals surface area contributed by atoms with Crippen LogP contribution in [0.4, 0.5) is 5.69 Å². The molecule has 0 bridgehead atoms. The Labute approximate surface area is 173 Å². The minimum Gasteiger partial charge on any atom is -0.369 e. The average Bonchev–Trinajstić information content (AvgIpc) is 2.62. The first-order chi connectivity index (χ1) is 13.3. The number of nitrogens with one attached hydrogen (secondary N) is 1. The molecule has 1 fully saturated rings. The maximum absolute atomic E-state index is 12.7. The fourth-order valence-electron chi connectivity index (χ4n) is 3.88. The van der Waals surface area contributed by atoms with Gasteiger partial charge in [-0.15, -0.1) is 0 Å². The number of halogens is 1. The Morgan fingerprint density at radius 2 is 1.54 bits per heavy atom. The Hall–Kier alpha value is -1.60. The van der Waals surface area contributed by atoms with E-state index >= 15 is 0 Å². The average molecular weight is 422 g/mol. The Kier molecular flexibility index (Phi) is 6.65. The molecule has 1 aliphatic rings. The molecule has 1 saturated heterocycles. The van der Waals surface area contributed by atoms with Crippen LogP contribution < -0.4 is 9.62 Å². The van der Waals surface area contributed by atoms with Gasteiger partial charge in [-0.05, 0) is 56.2 Å². The summed E-state index contributed by atoms with van der Waals surface area (Å²) in [6.07, 6.45) is 0. The second-order valence-corrected chi connectivity index (χ2v) is 9.57. The molecule has 3 rings (SSSR count). The highest BCUT2D eigenvalue weighted by atomic mass is 35.5. The minimum absolute atomic E-state index is 0.408. The predicted octanol–water partition coefficient (Wildman–Crippen LogP) is 3.37. The van der Waals surface area contributed by atoms with Crippen molar-refractivity contribution in [3.05, 3.63) is 58.1 Å². The molecule has 0 radical (unpaired) electrons. The third-order valence-corrected chi connectivity index (χ3v) is 7.18. The molecule has 0 unspecified atom stereocenters. The van der Waals surface area contributed by atoms with Crippen molar-refractivity contribution in [3.63, 3.8) is 0 Å². The highest BCUT2D eigenvalue weighted by Gasteiger charge is 2.21. The molecule has 1 aliphatic heterocycles. The Bertz CT molecular complexity index is 898. The van der Waals surface area contributed by atoms with Crippen LogP contribution in [0.15, 0.2) is 41.3 Å². The molecule has 152 valence electrons. The quantitative estimate of drug-likeness (QED) is 0.776. The molecule has 28 heavy (non-hydrogen) atoms. The molecule has 1 N–H and O–H groups in total. The third-order valence-electron chi connectivity index (χ3n) is 5.16. The van der Waals surface area contributed by atoms with Crippen molar-refractivity contribution in [1.82, 2.24) is 9.62 Å². The molecule has 7 heteroatoms. The van der Waals surface area contributed by atoms with E-state index in [1.165, 1.54) is 5.69 Å². The molecule has 2 aromatic rings. The zero-order valence-electron chi connectivity index (χ0n) is 16.7. The van der Waals surface area contributed by atoms with Gasteiger partial charge in [-0.1, -0.05) is 29.3 Å². The number of benzene rings is 2. The van der Waals surface area contributed by atoms with Crippen molar-refractivity contribution in [2.75, 3.05) is 44.2 Å². The number of aryl methyl sites for hydroxylation is 3. The number of hydrogen-bond acceptors (Lipinski definition) is 4. The third kappa shape index (κ3) is 5.06. The van der Waals surface area contributed by atoms with E-state index in [1.807, 2.05) is 57.2 Å². The molecule has 0 aliphatic carbocycles. The lowest BCUT2D eigenvalue weighted by Gasteiger charge is -2.36. The van der Waals surface area contributed by atoms with Gasteiger partial charge in [-0.2, -0.15) is 0 Å². The smallest absolute Gasteiger partial charge is 0.241 e. The van der Waals surface area contributed by atoms with Gasteiger partial charge < -0.3 is 4.90 Å². The van der Waals surface area contributed by atoms with Crippen molar-refractivity contribution in [2.45, 2.75) is 25.7 Å². The summed E-state index contributed by atoms with van der Waals surface area (Å²) in [5.74, 6) is 0. The van der Waals surface area contributed by atoms with Crippen LogP contribution in [0.25, 0.3) is 0 Å². The SMILES string of the molecule is Cc1cc(C)c(S(=O)(=O)NCCN2CCN(c3ccc(Cl)cc3)CC2)c(C)c1. The number of sulfonamides is 1. The Morgan fingerprint density at radius 3 is 2.11 bits per heavy atom. The van der Waals surface area contributed by atoms with E-state index in [4.69, 9.17) is 11.6 Å². The molecule has 1 heterocycles. The summed E-state index contributed by atoms with van der Waals surface area (Å²) >= 11 is 5.96. The van der Waals surface area contributed by atoms with E-state index in [0.29, 0.717) is 18.0 Å². The van der Waals surface area contributed by atoms with E-state index < -0.39 is 10.0 Å². The molecule has 0 amide bonds. The minimum atomic E-state index is -3.50. The van der Waals surface area contributed by atoms with Gasteiger partial charge in [0.2, 0.25) is 10.0 Å². The molecule has 0 atom stereocenters. The van der Waals surface area contributed by atoms with Crippen LogP contribution >= 0.6 is 11.6 Å². The van der Waals surface area contributed by atoms with Gasteiger partial charge in [0.25, 0.3) is 0 Å². The predicted molar refractivity (Wildman–Crippen MR) is 116 cm³/mol. The number of nitrogens with zero attached hydrogens (tertiary/aromatic N) is 2. The van der Waals surface area contributed by atoms with Crippen molar-refractivity contribution in [1.29, 1.82) is 0 Å². The topological polar surface area (TPSA) is 52.7 Å². The highest BCUT2D eigenvalue weighted by Crippen LogP contribution is 2.22. The Morgan fingerprint density at radius 1 is 0.964 bits per heavy atom. The normalized spacial score (nSPS) is 15.8. The van der Waals surface area contributed by atoms with Gasteiger partial charge in [0, 0.05) is 50.0 Å². The molecule has 5 nitrogen and oxygen atoms in total. The summed E-state index contributed by atoms with van der Waals surface area (Å²) in [6.45, 7) is 10.5. The lowest BCUT2D eigenvalue weighted by atomic mass is 10.1. The first kappa shape index (κ1) is 21.1. The summed E-state index contributed by atoms with van der Waals surface area (Å²) in [5.41, 5.74) is 3.84. The van der Waals surface area contributed by atoms with Gasteiger partial charge in [0.05, 0.1) is 4.90 Å². The summed E-state index contributed by atoms with van der Waals surface area (Å²) in [6, 6.07) is 11.7. The van der Waals surface area contributed by atoms with Gasteiger partial charge in [-0.3, -0.25) is 4.90 Å². The number of anilines is 1. The number of hydrogen-bond donors (Lipinski definition) is 1.